The number of hydrogen-bond acceptors (Lipinski definition) is 3. The highest BCUT2D eigenvalue weighted by molar-refractivity contribution is 7.99. The van der Waals surface area contributed by atoms with Crippen molar-refractivity contribution >= 4 is 29.1 Å². The quantitative estimate of drug-likeness (QED) is 0.832. The molecule has 2 nitrogen and oxygen atoms in total. The Bertz CT molecular complexity index is 375. The van der Waals surface area contributed by atoms with E-state index in [2.05, 4.69) is 0 Å². The summed E-state index contributed by atoms with van der Waals surface area (Å²) < 4.78 is 5.44. The van der Waals surface area contributed by atoms with Crippen LogP contribution in [0.1, 0.15) is 5.56 Å². The maximum atomic E-state index is 11.9. The Morgan fingerprint density at radius 1 is 1.50 bits per heavy atom. The molecular formula is C12H13ClO2S. The van der Waals surface area contributed by atoms with E-state index >= 15 is 0 Å². The van der Waals surface area contributed by atoms with Gasteiger partial charge in [-0.2, -0.15) is 11.8 Å². The van der Waals surface area contributed by atoms with Crippen LogP contribution in [0.3, 0.4) is 0 Å². The minimum Gasteiger partial charge on any atom is -0.369 e. The molecule has 0 bridgehead atoms. The van der Waals surface area contributed by atoms with Gasteiger partial charge in [-0.25, -0.2) is 0 Å². The monoisotopic (exact) mass is 256 g/mol. The molecule has 1 aromatic carbocycles. The lowest BCUT2D eigenvalue weighted by Crippen LogP contribution is -2.32. The molecule has 0 amide bonds. The number of carbonyl (C=O) groups is 1. The van der Waals surface area contributed by atoms with Crippen molar-refractivity contribution in [2.75, 3.05) is 18.1 Å². The number of carbonyl (C=O) groups excluding carboxylic acids is 1. The first-order chi connectivity index (χ1) is 7.77. The molecule has 0 aromatic heterocycles. The van der Waals surface area contributed by atoms with Gasteiger partial charge in [0.05, 0.1) is 6.61 Å². The minimum absolute atomic E-state index is 0.125. The van der Waals surface area contributed by atoms with Crippen LogP contribution in [0.4, 0.5) is 0 Å². The fourth-order valence-corrected chi connectivity index (χ4v) is 2.70. The molecule has 0 N–H and O–H groups in total. The standard InChI is InChI=1S/C12H13ClO2S/c13-10-4-2-1-3-9(10)7-11(14)12-8-16-6-5-15-12/h1-4,12H,5-8H2. The Hall–Kier alpha value is -0.510. The molecule has 1 aliphatic rings. The average Bonchev–Trinajstić information content (AvgIpc) is 2.33. The third-order valence-electron chi connectivity index (χ3n) is 2.50. The van der Waals surface area contributed by atoms with Crippen molar-refractivity contribution in [1.29, 1.82) is 0 Å². The van der Waals surface area contributed by atoms with E-state index in [0.717, 1.165) is 17.1 Å². The van der Waals surface area contributed by atoms with Gasteiger partial charge in [0, 0.05) is 22.9 Å². The topological polar surface area (TPSA) is 26.3 Å². The minimum atomic E-state index is -0.255. The fourth-order valence-electron chi connectivity index (χ4n) is 1.62. The second-order valence-electron chi connectivity index (χ2n) is 3.67. The average molecular weight is 257 g/mol. The molecule has 1 heterocycles. The van der Waals surface area contributed by atoms with Crippen LogP contribution >= 0.6 is 23.4 Å². The summed E-state index contributed by atoms with van der Waals surface area (Å²) in [6.45, 7) is 0.670. The van der Waals surface area contributed by atoms with Crippen LogP contribution in [0.5, 0.6) is 0 Å². The van der Waals surface area contributed by atoms with E-state index in [9.17, 15) is 4.79 Å². The van der Waals surface area contributed by atoms with Crippen LogP contribution in [0, 0.1) is 0 Å². The van der Waals surface area contributed by atoms with Gasteiger partial charge in [-0.15, -0.1) is 0 Å². The van der Waals surface area contributed by atoms with Crippen LogP contribution in [-0.2, 0) is 16.0 Å². The molecule has 1 fully saturated rings. The lowest BCUT2D eigenvalue weighted by Gasteiger charge is -2.21. The van der Waals surface area contributed by atoms with Crippen molar-refractivity contribution in [3.05, 3.63) is 34.9 Å². The van der Waals surface area contributed by atoms with Crippen LogP contribution in [0.2, 0.25) is 5.02 Å². The van der Waals surface area contributed by atoms with Crippen molar-refractivity contribution in [2.24, 2.45) is 0 Å². The van der Waals surface area contributed by atoms with E-state index in [1.165, 1.54) is 0 Å². The number of thioether (sulfide) groups is 1. The predicted molar refractivity (Wildman–Crippen MR) is 67.2 cm³/mol. The summed E-state index contributed by atoms with van der Waals surface area (Å²) >= 11 is 7.78. The molecule has 4 heteroatoms. The molecule has 0 saturated carbocycles. The zero-order valence-corrected chi connectivity index (χ0v) is 10.4. The normalized spacial score (nSPS) is 20.7. The SMILES string of the molecule is O=C(Cc1ccccc1Cl)C1CSCCO1. The van der Waals surface area contributed by atoms with Crippen LogP contribution in [-0.4, -0.2) is 30.0 Å². The molecular weight excluding hydrogens is 244 g/mol. The van der Waals surface area contributed by atoms with E-state index < -0.39 is 0 Å². The Kier molecular flexibility index (Phi) is 4.27. The summed E-state index contributed by atoms with van der Waals surface area (Å²) in [6.07, 6.45) is 0.111. The maximum absolute atomic E-state index is 11.9. The molecule has 2 rings (SSSR count). The van der Waals surface area contributed by atoms with Crippen LogP contribution < -0.4 is 0 Å². The number of benzene rings is 1. The summed E-state index contributed by atoms with van der Waals surface area (Å²) in [5.41, 5.74) is 0.883. The second-order valence-corrected chi connectivity index (χ2v) is 5.23. The number of ketones is 1. The highest BCUT2D eigenvalue weighted by Crippen LogP contribution is 2.19. The van der Waals surface area contributed by atoms with E-state index in [0.29, 0.717) is 18.1 Å². The number of ether oxygens (including phenoxy) is 1. The Morgan fingerprint density at radius 3 is 3.00 bits per heavy atom. The molecule has 1 aliphatic heterocycles. The van der Waals surface area contributed by atoms with Gasteiger partial charge in [0.2, 0.25) is 0 Å². The van der Waals surface area contributed by atoms with Gasteiger partial charge in [-0.1, -0.05) is 29.8 Å². The van der Waals surface area contributed by atoms with E-state index in [4.69, 9.17) is 16.3 Å². The zero-order valence-electron chi connectivity index (χ0n) is 8.82. The molecule has 1 unspecified atom stereocenters. The summed E-state index contributed by atoms with van der Waals surface area (Å²) in [5, 5.41) is 0.652. The molecule has 16 heavy (non-hydrogen) atoms. The predicted octanol–water partition coefficient (Wildman–Crippen LogP) is 2.58. The fraction of sp³-hybridized carbons (Fsp3) is 0.417. The number of rotatable bonds is 3. The molecule has 0 radical (unpaired) electrons. The van der Waals surface area contributed by atoms with Gasteiger partial charge >= 0.3 is 0 Å². The van der Waals surface area contributed by atoms with Gasteiger partial charge in [0.15, 0.2) is 5.78 Å². The van der Waals surface area contributed by atoms with Crippen molar-refractivity contribution in [3.63, 3.8) is 0 Å². The van der Waals surface area contributed by atoms with Gasteiger partial charge < -0.3 is 4.74 Å². The number of Topliss-reactive ketones (excluding diaryl/α,β-unsaturated/α-hetero) is 1. The lowest BCUT2D eigenvalue weighted by atomic mass is 10.1. The summed E-state index contributed by atoms with van der Waals surface area (Å²) in [4.78, 5) is 11.9. The summed E-state index contributed by atoms with van der Waals surface area (Å²) in [5.74, 6) is 1.87. The molecule has 1 aromatic rings. The Labute approximate surface area is 104 Å². The maximum Gasteiger partial charge on any atom is 0.166 e. The van der Waals surface area contributed by atoms with E-state index in [1.807, 2.05) is 18.2 Å². The van der Waals surface area contributed by atoms with Crippen molar-refractivity contribution in [3.8, 4) is 0 Å². The molecule has 1 atom stereocenters. The zero-order chi connectivity index (χ0) is 11.4. The number of hydrogen-bond donors (Lipinski definition) is 0. The van der Waals surface area contributed by atoms with Crippen molar-refractivity contribution in [2.45, 2.75) is 12.5 Å². The van der Waals surface area contributed by atoms with Crippen molar-refractivity contribution in [1.82, 2.24) is 0 Å². The van der Waals surface area contributed by atoms with Crippen LogP contribution in [0.25, 0.3) is 0 Å². The Balaban J connectivity index is 1.99. The van der Waals surface area contributed by atoms with Gasteiger partial charge in [-0.3, -0.25) is 4.79 Å². The molecule has 86 valence electrons. The Morgan fingerprint density at radius 2 is 2.31 bits per heavy atom. The smallest absolute Gasteiger partial charge is 0.166 e. The van der Waals surface area contributed by atoms with E-state index in [-0.39, 0.29) is 11.9 Å². The first-order valence-electron chi connectivity index (χ1n) is 5.23. The largest absolute Gasteiger partial charge is 0.369 e. The van der Waals surface area contributed by atoms with Crippen LogP contribution in [0.15, 0.2) is 24.3 Å². The number of halogens is 1. The first-order valence-corrected chi connectivity index (χ1v) is 6.76. The van der Waals surface area contributed by atoms with Gasteiger partial charge in [-0.05, 0) is 11.6 Å². The molecule has 1 saturated heterocycles. The van der Waals surface area contributed by atoms with Gasteiger partial charge in [0.1, 0.15) is 6.10 Å². The third kappa shape index (κ3) is 3.00. The summed E-state index contributed by atoms with van der Waals surface area (Å²) in [6, 6.07) is 7.45. The molecule has 0 aliphatic carbocycles. The van der Waals surface area contributed by atoms with E-state index in [1.54, 1.807) is 17.8 Å². The van der Waals surface area contributed by atoms with Gasteiger partial charge in [0.25, 0.3) is 0 Å². The molecule has 0 spiro atoms. The second kappa shape index (κ2) is 5.71. The lowest BCUT2D eigenvalue weighted by molar-refractivity contribution is -0.128. The third-order valence-corrected chi connectivity index (χ3v) is 3.86. The highest BCUT2D eigenvalue weighted by Gasteiger charge is 2.22. The highest BCUT2D eigenvalue weighted by atomic mass is 35.5. The first kappa shape index (κ1) is 12.0. The summed E-state index contributed by atoms with van der Waals surface area (Å²) in [7, 11) is 0. The van der Waals surface area contributed by atoms with Crippen molar-refractivity contribution < 1.29 is 9.53 Å².